The maximum atomic E-state index is 12.2. The normalized spacial score (nSPS) is 12.0. The fraction of sp³-hybridized carbons (Fsp3) is 0.158. The highest BCUT2D eigenvalue weighted by molar-refractivity contribution is 5.90. The van der Waals surface area contributed by atoms with Crippen LogP contribution in [-0.4, -0.2) is 22.9 Å². The second kappa shape index (κ2) is 7.00. The van der Waals surface area contributed by atoms with E-state index in [-0.39, 0.29) is 18.7 Å². The third kappa shape index (κ3) is 3.63. The summed E-state index contributed by atoms with van der Waals surface area (Å²) in [4.78, 5) is 26.7. The number of H-pyrrole nitrogens is 1. The zero-order valence-corrected chi connectivity index (χ0v) is 13.0. The molecule has 0 radical (unpaired) electrons. The molecule has 2 aromatic carbocycles. The predicted octanol–water partition coefficient (Wildman–Crippen LogP) is 1.19. The lowest BCUT2D eigenvalue weighted by Crippen LogP contribution is -2.49. The maximum absolute atomic E-state index is 12.2. The van der Waals surface area contributed by atoms with Gasteiger partial charge in [-0.2, -0.15) is 0 Å². The number of carbonyl (C=O) groups excluding carboxylic acids is 2. The van der Waals surface area contributed by atoms with Crippen molar-refractivity contribution in [3.63, 3.8) is 0 Å². The number of benzene rings is 2. The molecule has 1 atom stereocenters. The van der Waals surface area contributed by atoms with Gasteiger partial charge in [-0.15, -0.1) is 0 Å². The van der Waals surface area contributed by atoms with E-state index in [1.54, 1.807) is 6.20 Å². The number of fused-ring (bicyclic) bond motifs is 1. The van der Waals surface area contributed by atoms with E-state index in [9.17, 15) is 14.7 Å². The number of carbonyl (C=O) groups is 2. The number of hydrogen-bond acceptors (Lipinski definition) is 3. The Hall–Kier alpha value is -3.08. The topological polar surface area (TPSA) is 85.0 Å². The summed E-state index contributed by atoms with van der Waals surface area (Å²) >= 11 is 0. The van der Waals surface area contributed by atoms with Crippen LogP contribution in [0.25, 0.3) is 10.9 Å². The van der Waals surface area contributed by atoms with Crippen LogP contribution in [0.4, 0.5) is 0 Å². The molecule has 0 saturated carbocycles. The number of carboxylic acid groups (broad SMARTS) is 1. The summed E-state index contributed by atoms with van der Waals surface area (Å²) < 4.78 is 0. The van der Waals surface area contributed by atoms with Crippen molar-refractivity contribution in [2.24, 2.45) is 0 Å². The van der Waals surface area contributed by atoms with Gasteiger partial charge in [-0.3, -0.25) is 4.79 Å². The molecule has 24 heavy (non-hydrogen) atoms. The molecule has 0 bridgehead atoms. The summed E-state index contributed by atoms with van der Waals surface area (Å²) in [7, 11) is 0. The molecule has 0 aliphatic heterocycles. The highest BCUT2D eigenvalue weighted by Gasteiger charge is 2.15. The largest absolute Gasteiger partial charge is 0.548 e. The summed E-state index contributed by atoms with van der Waals surface area (Å²) in [5, 5.41) is 14.8. The van der Waals surface area contributed by atoms with E-state index in [0.29, 0.717) is 0 Å². The number of aromatic amines is 1. The minimum Gasteiger partial charge on any atom is -0.548 e. The molecule has 122 valence electrons. The van der Waals surface area contributed by atoms with Gasteiger partial charge >= 0.3 is 0 Å². The molecule has 2 N–H and O–H groups in total. The van der Waals surface area contributed by atoms with Crippen molar-refractivity contribution in [2.75, 3.05) is 0 Å². The highest BCUT2D eigenvalue weighted by Crippen LogP contribution is 2.18. The van der Waals surface area contributed by atoms with Crippen molar-refractivity contribution in [1.29, 1.82) is 0 Å². The van der Waals surface area contributed by atoms with Crippen molar-refractivity contribution in [2.45, 2.75) is 18.9 Å². The van der Waals surface area contributed by atoms with Gasteiger partial charge in [0.25, 0.3) is 0 Å². The summed E-state index contributed by atoms with van der Waals surface area (Å²) in [6.07, 6.45) is 2.08. The van der Waals surface area contributed by atoms with E-state index in [0.717, 1.165) is 22.0 Å². The van der Waals surface area contributed by atoms with Crippen LogP contribution in [0.15, 0.2) is 60.8 Å². The highest BCUT2D eigenvalue weighted by atomic mass is 16.4. The Balaban J connectivity index is 1.68. The Morgan fingerprint density at radius 3 is 2.50 bits per heavy atom. The average molecular weight is 321 g/mol. The van der Waals surface area contributed by atoms with E-state index >= 15 is 0 Å². The molecular formula is C19H17N2O3-. The summed E-state index contributed by atoms with van der Waals surface area (Å²) in [5.74, 6) is -1.63. The van der Waals surface area contributed by atoms with Gasteiger partial charge in [0, 0.05) is 17.1 Å². The van der Waals surface area contributed by atoms with Crippen LogP contribution < -0.4 is 10.4 Å². The van der Waals surface area contributed by atoms with E-state index in [1.165, 1.54) is 0 Å². The second-order valence-electron chi connectivity index (χ2n) is 5.67. The Morgan fingerprint density at radius 1 is 1.04 bits per heavy atom. The van der Waals surface area contributed by atoms with Crippen LogP contribution in [0.5, 0.6) is 0 Å². The number of carboxylic acids is 1. The van der Waals surface area contributed by atoms with Crippen LogP contribution in [-0.2, 0) is 22.4 Å². The van der Waals surface area contributed by atoms with Gasteiger partial charge < -0.3 is 20.2 Å². The lowest BCUT2D eigenvalue weighted by atomic mass is 10.1. The Labute approximate surface area is 139 Å². The molecule has 3 aromatic rings. The quantitative estimate of drug-likeness (QED) is 0.715. The molecule has 0 aliphatic carbocycles. The van der Waals surface area contributed by atoms with Crippen LogP contribution in [0, 0.1) is 0 Å². The first-order chi connectivity index (χ1) is 11.6. The Kier molecular flexibility index (Phi) is 4.61. The predicted molar refractivity (Wildman–Crippen MR) is 89.1 cm³/mol. The van der Waals surface area contributed by atoms with E-state index in [2.05, 4.69) is 10.3 Å². The molecule has 1 amide bonds. The molecule has 5 heteroatoms. The molecular weight excluding hydrogens is 304 g/mol. The van der Waals surface area contributed by atoms with Crippen molar-refractivity contribution >= 4 is 22.8 Å². The fourth-order valence-electron chi connectivity index (χ4n) is 2.74. The molecule has 0 unspecified atom stereocenters. The van der Waals surface area contributed by atoms with E-state index < -0.39 is 12.0 Å². The first-order valence-electron chi connectivity index (χ1n) is 7.72. The van der Waals surface area contributed by atoms with Gasteiger partial charge in [0.15, 0.2) is 0 Å². The Morgan fingerprint density at radius 2 is 1.75 bits per heavy atom. The SMILES string of the molecule is O=C(Cc1c[nH]c2ccccc12)N[C@H](Cc1ccccc1)C(=O)[O-]. The van der Waals surface area contributed by atoms with Gasteiger partial charge in [-0.25, -0.2) is 0 Å². The number of rotatable bonds is 6. The minimum absolute atomic E-state index is 0.114. The molecule has 3 rings (SSSR count). The summed E-state index contributed by atoms with van der Waals surface area (Å²) in [6, 6.07) is 15.8. The number of hydrogen-bond donors (Lipinski definition) is 2. The van der Waals surface area contributed by atoms with Crippen LogP contribution in [0.3, 0.4) is 0 Å². The van der Waals surface area contributed by atoms with Gasteiger partial charge in [0.2, 0.25) is 5.91 Å². The number of aliphatic carboxylic acids is 1. The molecule has 1 aromatic heterocycles. The second-order valence-corrected chi connectivity index (χ2v) is 5.67. The maximum Gasteiger partial charge on any atom is 0.225 e. The lowest BCUT2D eigenvalue weighted by molar-refractivity contribution is -0.308. The molecule has 0 fully saturated rings. The molecule has 0 saturated heterocycles. The van der Waals surface area contributed by atoms with E-state index in [4.69, 9.17) is 0 Å². The number of aromatic nitrogens is 1. The van der Waals surface area contributed by atoms with Crippen molar-refractivity contribution < 1.29 is 14.7 Å². The van der Waals surface area contributed by atoms with Crippen molar-refractivity contribution in [1.82, 2.24) is 10.3 Å². The van der Waals surface area contributed by atoms with Crippen molar-refractivity contribution in [3.05, 3.63) is 71.9 Å². The first kappa shape index (κ1) is 15.8. The van der Waals surface area contributed by atoms with Crippen LogP contribution >= 0.6 is 0 Å². The van der Waals surface area contributed by atoms with Gasteiger partial charge in [-0.1, -0.05) is 48.5 Å². The summed E-state index contributed by atoms with van der Waals surface area (Å²) in [6.45, 7) is 0. The third-order valence-corrected chi connectivity index (χ3v) is 3.93. The van der Waals surface area contributed by atoms with Crippen LogP contribution in [0.1, 0.15) is 11.1 Å². The molecule has 0 aliphatic rings. The van der Waals surface area contributed by atoms with Crippen LogP contribution in [0.2, 0.25) is 0 Å². The number of amides is 1. The third-order valence-electron chi connectivity index (χ3n) is 3.93. The number of para-hydroxylation sites is 1. The van der Waals surface area contributed by atoms with Gasteiger partial charge in [-0.05, 0) is 23.6 Å². The molecule has 1 heterocycles. The minimum atomic E-state index is -1.29. The summed E-state index contributed by atoms with van der Waals surface area (Å²) in [5.41, 5.74) is 2.61. The zero-order valence-electron chi connectivity index (χ0n) is 13.0. The van der Waals surface area contributed by atoms with Crippen molar-refractivity contribution in [3.8, 4) is 0 Å². The van der Waals surface area contributed by atoms with E-state index in [1.807, 2.05) is 54.6 Å². The van der Waals surface area contributed by atoms with Gasteiger partial charge in [0.1, 0.15) is 0 Å². The molecule has 5 nitrogen and oxygen atoms in total. The monoisotopic (exact) mass is 321 g/mol. The van der Waals surface area contributed by atoms with Gasteiger partial charge in [0.05, 0.1) is 18.4 Å². The standard InChI is InChI=1S/C19H18N2O3/c22-18(11-14-12-20-16-9-5-4-8-15(14)16)21-17(19(23)24)10-13-6-2-1-3-7-13/h1-9,12,17,20H,10-11H2,(H,21,22)(H,23,24)/p-1/t17-/m1/s1. The smallest absolute Gasteiger partial charge is 0.225 e. The first-order valence-corrected chi connectivity index (χ1v) is 7.72. The average Bonchev–Trinajstić information content (AvgIpc) is 2.98. The lowest BCUT2D eigenvalue weighted by Gasteiger charge is -2.19. The fourth-order valence-corrected chi connectivity index (χ4v) is 2.74. The Bertz CT molecular complexity index is 855. The molecule has 0 spiro atoms. The number of nitrogens with one attached hydrogen (secondary N) is 2. The zero-order chi connectivity index (χ0) is 16.9.